The Balaban J connectivity index is 1.67. The molecule has 0 saturated carbocycles. The predicted molar refractivity (Wildman–Crippen MR) is 118 cm³/mol. The number of anilines is 1. The van der Waals surface area contributed by atoms with Crippen molar-refractivity contribution in [2.75, 3.05) is 25.1 Å². The number of nitrogens with one attached hydrogen (secondary N) is 2. The van der Waals surface area contributed by atoms with E-state index in [0.29, 0.717) is 22.5 Å². The number of nitrogens with zero attached hydrogens (tertiary/aromatic N) is 5. The van der Waals surface area contributed by atoms with Gasteiger partial charge in [0.2, 0.25) is 0 Å². The third-order valence-electron chi connectivity index (χ3n) is 5.47. The minimum Gasteiger partial charge on any atom is -0.387 e. The van der Waals surface area contributed by atoms with Crippen LogP contribution in [0.2, 0.25) is 0 Å². The van der Waals surface area contributed by atoms with Crippen LogP contribution in [-0.4, -0.2) is 74.3 Å². The van der Waals surface area contributed by atoms with Crippen LogP contribution < -0.4 is 10.6 Å². The highest BCUT2D eigenvalue weighted by atomic mass is 19.1. The maximum atomic E-state index is 14.2. The van der Waals surface area contributed by atoms with Crippen molar-refractivity contribution in [2.24, 2.45) is 0 Å². The lowest BCUT2D eigenvalue weighted by molar-refractivity contribution is -0.00177. The predicted octanol–water partition coefficient (Wildman–Crippen LogP) is 1.65. The van der Waals surface area contributed by atoms with Gasteiger partial charge in [0.05, 0.1) is 71.9 Å². The molecule has 1 saturated heterocycles. The van der Waals surface area contributed by atoms with Crippen LogP contribution in [-0.2, 0) is 4.74 Å². The lowest BCUT2D eigenvalue weighted by atomic mass is 10.0. The molecule has 0 aromatic carbocycles. The van der Waals surface area contributed by atoms with E-state index in [1.54, 1.807) is 6.07 Å². The number of pyridine rings is 1. The summed E-state index contributed by atoms with van der Waals surface area (Å²) < 4.78 is 34.9. The lowest BCUT2D eigenvalue weighted by Crippen LogP contribution is -2.42. The van der Waals surface area contributed by atoms with Crippen molar-refractivity contribution >= 4 is 17.2 Å². The Morgan fingerprint density at radius 2 is 2.18 bits per heavy atom. The first-order valence-corrected chi connectivity index (χ1v) is 10.5. The zero-order chi connectivity index (χ0) is 24.5. The van der Waals surface area contributed by atoms with Crippen LogP contribution in [0.5, 0.6) is 0 Å². The SMILES string of the molecule is CC(C)(O)C(F)CNC(=O)c1cnc(-c2cnn3cc(C#N)cnc23)cc1N[C@H]1COC[C@@H]1F. The number of ether oxygens (including phenoxy) is 1. The average Bonchev–Trinajstić information content (AvgIpc) is 3.41. The van der Waals surface area contributed by atoms with E-state index in [1.807, 2.05) is 6.07 Å². The number of hydrogen-bond acceptors (Lipinski definition) is 8. The normalized spacial score (nSPS) is 19.1. The molecular formula is C22H23F2N7O3. The van der Waals surface area contributed by atoms with Crippen LogP contribution in [0, 0.1) is 11.3 Å². The van der Waals surface area contributed by atoms with Crippen molar-refractivity contribution in [3.8, 4) is 17.3 Å². The molecule has 12 heteroatoms. The minimum atomic E-state index is -1.69. The molecule has 3 atom stereocenters. The smallest absolute Gasteiger partial charge is 0.255 e. The summed E-state index contributed by atoms with van der Waals surface area (Å²) in [4.78, 5) is 21.4. The van der Waals surface area contributed by atoms with Gasteiger partial charge in [-0.25, -0.2) is 18.3 Å². The molecule has 3 N–H and O–H groups in total. The van der Waals surface area contributed by atoms with Crippen molar-refractivity contribution in [3.63, 3.8) is 0 Å². The van der Waals surface area contributed by atoms with Gasteiger partial charge in [-0.15, -0.1) is 0 Å². The van der Waals surface area contributed by atoms with Crippen LogP contribution in [0.1, 0.15) is 29.8 Å². The molecular weight excluding hydrogens is 448 g/mol. The molecule has 178 valence electrons. The zero-order valence-electron chi connectivity index (χ0n) is 18.5. The van der Waals surface area contributed by atoms with Gasteiger partial charge in [0, 0.05) is 12.4 Å². The quantitative estimate of drug-likeness (QED) is 0.473. The van der Waals surface area contributed by atoms with Crippen LogP contribution in [0.4, 0.5) is 14.5 Å². The highest BCUT2D eigenvalue weighted by Gasteiger charge is 2.30. The van der Waals surface area contributed by atoms with Gasteiger partial charge in [0.1, 0.15) is 18.4 Å². The van der Waals surface area contributed by atoms with Crippen molar-refractivity contribution < 1.29 is 23.4 Å². The first-order chi connectivity index (χ1) is 16.2. The van der Waals surface area contributed by atoms with Crippen LogP contribution in [0.3, 0.4) is 0 Å². The van der Waals surface area contributed by atoms with Crippen LogP contribution in [0.25, 0.3) is 16.9 Å². The Labute approximate surface area is 193 Å². The number of alkyl halides is 2. The van der Waals surface area contributed by atoms with Gasteiger partial charge in [-0.2, -0.15) is 10.4 Å². The van der Waals surface area contributed by atoms with E-state index in [1.165, 1.54) is 43.2 Å². The van der Waals surface area contributed by atoms with Crippen molar-refractivity contribution in [1.29, 1.82) is 5.26 Å². The second-order valence-corrected chi connectivity index (χ2v) is 8.53. The van der Waals surface area contributed by atoms with Gasteiger partial charge < -0.3 is 20.5 Å². The molecule has 1 aliphatic heterocycles. The summed E-state index contributed by atoms with van der Waals surface area (Å²) in [5.41, 5.74) is 0.422. The van der Waals surface area contributed by atoms with E-state index >= 15 is 0 Å². The molecule has 3 aromatic heterocycles. The summed E-state index contributed by atoms with van der Waals surface area (Å²) in [7, 11) is 0. The van der Waals surface area contributed by atoms with Gasteiger partial charge >= 0.3 is 0 Å². The van der Waals surface area contributed by atoms with E-state index in [4.69, 9.17) is 10.00 Å². The molecule has 1 aliphatic rings. The fraction of sp³-hybridized carbons (Fsp3) is 0.409. The van der Waals surface area contributed by atoms with Gasteiger partial charge in [-0.05, 0) is 19.9 Å². The number of nitriles is 1. The lowest BCUT2D eigenvalue weighted by Gasteiger charge is -2.23. The summed E-state index contributed by atoms with van der Waals surface area (Å²) >= 11 is 0. The number of rotatable bonds is 7. The molecule has 10 nitrogen and oxygen atoms in total. The first-order valence-electron chi connectivity index (χ1n) is 10.5. The second-order valence-electron chi connectivity index (χ2n) is 8.53. The summed E-state index contributed by atoms with van der Waals surface area (Å²) in [6.07, 6.45) is 2.76. The van der Waals surface area contributed by atoms with Gasteiger partial charge in [-0.3, -0.25) is 9.78 Å². The van der Waals surface area contributed by atoms with Crippen molar-refractivity contribution in [3.05, 3.63) is 42.0 Å². The first kappa shape index (κ1) is 23.5. The summed E-state index contributed by atoms with van der Waals surface area (Å²) in [5, 5.41) is 28.4. The Morgan fingerprint density at radius 3 is 2.85 bits per heavy atom. The summed E-state index contributed by atoms with van der Waals surface area (Å²) in [6.45, 7) is 2.24. The largest absolute Gasteiger partial charge is 0.387 e. The highest BCUT2D eigenvalue weighted by molar-refractivity contribution is 6.00. The second kappa shape index (κ2) is 9.28. The summed E-state index contributed by atoms with van der Waals surface area (Å²) in [5.74, 6) is -0.639. The summed E-state index contributed by atoms with van der Waals surface area (Å²) in [6, 6.07) is 2.86. The maximum absolute atomic E-state index is 14.2. The molecule has 34 heavy (non-hydrogen) atoms. The standard InChI is InChI=1S/C22H23F2N7O3/c1-22(2,33)19(24)8-28-21(32)14-6-26-16(3-17(14)30-18-11-34-10-15(18)23)13-7-29-31-9-12(4-25)5-27-20(13)31/h3,5-7,9,15,18-19,33H,8,10-11H2,1-2H3,(H,26,30)(H,28,32)/t15-,18-,19?/m0/s1. The molecule has 1 unspecified atom stereocenters. The molecule has 0 aliphatic carbocycles. The average molecular weight is 471 g/mol. The molecule has 4 heterocycles. The zero-order valence-corrected chi connectivity index (χ0v) is 18.5. The van der Waals surface area contributed by atoms with Crippen LogP contribution in [0.15, 0.2) is 30.9 Å². The molecule has 3 aromatic rings. The Hall–Kier alpha value is -3.69. The van der Waals surface area contributed by atoms with E-state index in [-0.39, 0.29) is 24.5 Å². The Kier molecular flexibility index (Phi) is 6.41. The third kappa shape index (κ3) is 4.80. The number of amides is 1. The van der Waals surface area contributed by atoms with Gasteiger partial charge in [-0.1, -0.05) is 0 Å². The molecule has 0 radical (unpaired) electrons. The van der Waals surface area contributed by atoms with Crippen molar-refractivity contribution in [2.45, 2.75) is 37.8 Å². The number of aromatic nitrogens is 4. The van der Waals surface area contributed by atoms with E-state index in [2.05, 4.69) is 25.7 Å². The van der Waals surface area contributed by atoms with Crippen LogP contribution >= 0.6 is 0 Å². The number of hydrogen-bond donors (Lipinski definition) is 3. The molecule has 4 rings (SSSR count). The molecule has 1 amide bonds. The molecule has 1 fully saturated rings. The van der Waals surface area contributed by atoms with E-state index in [0.717, 1.165) is 0 Å². The number of aliphatic hydroxyl groups is 1. The Morgan fingerprint density at radius 1 is 1.38 bits per heavy atom. The highest BCUT2D eigenvalue weighted by Crippen LogP contribution is 2.28. The van der Waals surface area contributed by atoms with Gasteiger partial charge in [0.15, 0.2) is 5.65 Å². The molecule has 0 spiro atoms. The maximum Gasteiger partial charge on any atom is 0.255 e. The number of halogens is 2. The monoisotopic (exact) mass is 471 g/mol. The van der Waals surface area contributed by atoms with E-state index < -0.39 is 36.4 Å². The fourth-order valence-electron chi connectivity index (χ4n) is 3.40. The topological polar surface area (TPSA) is 137 Å². The Bertz CT molecular complexity index is 1250. The molecule has 0 bridgehead atoms. The number of carbonyl (C=O) groups is 1. The fourth-order valence-corrected chi connectivity index (χ4v) is 3.40. The number of fused-ring (bicyclic) bond motifs is 1. The number of carbonyl (C=O) groups excluding carboxylic acids is 1. The van der Waals surface area contributed by atoms with Crippen molar-refractivity contribution in [1.82, 2.24) is 24.9 Å². The third-order valence-corrected chi connectivity index (χ3v) is 5.47. The van der Waals surface area contributed by atoms with Gasteiger partial charge in [0.25, 0.3) is 5.91 Å². The minimum absolute atomic E-state index is 0.0640. The van der Waals surface area contributed by atoms with E-state index in [9.17, 15) is 18.7 Å².